The molecular formula is C27H37N5O4. The average molecular weight is 496 g/mol. The van der Waals surface area contributed by atoms with Crippen molar-refractivity contribution in [3.63, 3.8) is 0 Å². The van der Waals surface area contributed by atoms with Crippen LogP contribution in [0, 0.1) is 23.2 Å². The first-order valence-corrected chi connectivity index (χ1v) is 12.5. The van der Waals surface area contributed by atoms with Crippen molar-refractivity contribution in [1.29, 1.82) is 5.26 Å². The van der Waals surface area contributed by atoms with Crippen LogP contribution < -0.4 is 10.6 Å². The number of hydrogen-bond acceptors (Lipinski definition) is 5. The second kappa shape index (κ2) is 11.5. The maximum absolute atomic E-state index is 13.0. The van der Waals surface area contributed by atoms with Crippen molar-refractivity contribution in [1.82, 2.24) is 20.4 Å². The highest BCUT2D eigenvalue weighted by Crippen LogP contribution is 2.38. The van der Waals surface area contributed by atoms with E-state index >= 15 is 0 Å². The van der Waals surface area contributed by atoms with Crippen LogP contribution in [-0.2, 0) is 9.53 Å². The van der Waals surface area contributed by atoms with Crippen molar-refractivity contribution in [3.8, 4) is 6.07 Å². The van der Waals surface area contributed by atoms with Gasteiger partial charge in [0.1, 0.15) is 18.2 Å². The molecule has 194 valence electrons. The van der Waals surface area contributed by atoms with Crippen LogP contribution in [-0.4, -0.2) is 52.6 Å². The Morgan fingerprint density at radius 3 is 2.64 bits per heavy atom. The number of urea groups is 1. The first kappa shape index (κ1) is 27.1. The van der Waals surface area contributed by atoms with Crippen molar-refractivity contribution < 1.29 is 19.1 Å². The van der Waals surface area contributed by atoms with Gasteiger partial charge in [0.05, 0.1) is 6.07 Å². The normalized spacial score (nSPS) is 20.0. The highest BCUT2D eigenvalue weighted by molar-refractivity contribution is 5.87. The Morgan fingerprint density at radius 2 is 1.97 bits per heavy atom. The number of amides is 4. The molecule has 3 rings (SSSR count). The Kier molecular flexibility index (Phi) is 8.62. The largest absolute Gasteiger partial charge is 0.443 e. The number of allylic oxidation sites excluding steroid dienone is 5. The molecule has 2 unspecified atom stereocenters. The van der Waals surface area contributed by atoms with E-state index in [2.05, 4.69) is 10.6 Å². The van der Waals surface area contributed by atoms with E-state index in [4.69, 9.17) is 10.00 Å². The molecule has 0 aromatic rings. The van der Waals surface area contributed by atoms with E-state index < -0.39 is 11.6 Å². The number of hydrogen-bond donors (Lipinski definition) is 2. The van der Waals surface area contributed by atoms with E-state index in [1.165, 1.54) is 0 Å². The molecule has 0 saturated carbocycles. The number of nitrogens with zero attached hydrogens (tertiary/aromatic N) is 3. The van der Waals surface area contributed by atoms with Crippen LogP contribution in [0.3, 0.4) is 0 Å². The Bertz CT molecular complexity index is 1040. The van der Waals surface area contributed by atoms with Crippen LogP contribution in [0.4, 0.5) is 9.59 Å². The van der Waals surface area contributed by atoms with Crippen molar-refractivity contribution in [3.05, 3.63) is 47.5 Å². The summed E-state index contributed by atoms with van der Waals surface area (Å²) in [7, 11) is 0. The summed E-state index contributed by atoms with van der Waals surface area (Å²) in [5, 5.41) is 14.1. The minimum atomic E-state index is -0.702. The zero-order chi connectivity index (χ0) is 26.5. The van der Waals surface area contributed by atoms with Crippen molar-refractivity contribution in [2.75, 3.05) is 13.1 Å². The summed E-state index contributed by atoms with van der Waals surface area (Å²) in [5.41, 5.74) is 2.52. The van der Waals surface area contributed by atoms with Gasteiger partial charge in [-0.25, -0.2) is 9.59 Å². The summed E-state index contributed by atoms with van der Waals surface area (Å²) in [6.07, 6.45) is 12.1. The van der Waals surface area contributed by atoms with E-state index in [1.54, 1.807) is 16.0 Å². The molecule has 0 spiro atoms. The van der Waals surface area contributed by atoms with Gasteiger partial charge in [0.2, 0.25) is 5.91 Å². The third kappa shape index (κ3) is 7.00. The number of carbonyl (C=O) groups excluding carboxylic acids is 3. The fourth-order valence-corrected chi connectivity index (χ4v) is 4.48. The second-order valence-electron chi connectivity index (χ2n) is 10.7. The van der Waals surface area contributed by atoms with Crippen molar-refractivity contribution >= 4 is 18.0 Å². The Hall–Kier alpha value is -3.54. The lowest BCUT2D eigenvalue weighted by molar-refractivity contribution is -0.123. The average Bonchev–Trinajstić information content (AvgIpc) is 3.24. The Morgan fingerprint density at radius 1 is 1.22 bits per heavy atom. The SMILES string of the molecule is CC(C)CC(NC(=O)N1C=C(C2=CC=C3C(C=CN3C(=O)OC(C)(C)C)C2)CCC1)C(=O)NCC#N. The molecule has 1 aliphatic carbocycles. The fraction of sp³-hybridized carbons (Fsp3) is 0.556. The topological polar surface area (TPSA) is 115 Å². The number of ether oxygens (including phenoxy) is 1. The highest BCUT2D eigenvalue weighted by atomic mass is 16.6. The van der Waals surface area contributed by atoms with Crippen LogP contribution in [0.1, 0.15) is 60.3 Å². The van der Waals surface area contributed by atoms with Gasteiger partial charge in [0, 0.05) is 30.6 Å². The van der Waals surface area contributed by atoms with Crippen LogP contribution in [0.5, 0.6) is 0 Å². The number of fused-ring (bicyclic) bond motifs is 1. The molecular weight excluding hydrogens is 458 g/mol. The summed E-state index contributed by atoms with van der Waals surface area (Å²) in [5.74, 6) is -0.0828. The van der Waals surface area contributed by atoms with Gasteiger partial charge in [-0.1, -0.05) is 26.0 Å². The van der Waals surface area contributed by atoms with Gasteiger partial charge in [-0.05, 0) is 69.6 Å². The molecule has 2 atom stereocenters. The second-order valence-corrected chi connectivity index (χ2v) is 10.7. The number of rotatable bonds is 6. The molecule has 0 radical (unpaired) electrons. The standard InChI is InChI=1S/C27H37N5O4/c1-18(2)15-22(24(33)29-12-11-28)30-25(34)31-13-6-7-21(17-31)19-8-9-23-20(16-19)10-14-32(23)26(35)36-27(3,4)5/h8-10,14,17-18,20,22H,6-7,12-13,15-16H2,1-5H3,(H,29,33)(H,30,34). The van der Waals surface area contributed by atoms with Gasteiger partial charge >= 0.3 is 12.1 Å². The lowest BCUT2D eigenvalue weighted by Gasteiger charge is -2.31. The van der Waals surface area contributed by atoms with Gasteiger partial charge in [0.25, 0.3) is 0 Å². The van der Waals surface area contributed by atoms with E-state index in [-0.39, 0.29) is 36.4 Å². The number of nitriles is 1. The van der Waals surface area contributed by atoms with Crippen LogP contribution in [0.25, 0.3) is 0 Å². The molecule has 2 aliphatic heterocycles. The maximum Gasteiger partial charge on any atom is 0.418 e. The molecule has 0 fully saturated rings. The third-order valence-electron chi connectivity index (χ3n) is 6.10. The lowest BCUT2D eigenvalue weighted by atomic mass is 9.86. The van der Waals surface area contributed by atoms with Crippen LogP contribution >= 0.6 is 0 Å². The Labute approximate surface area is 213 Å². The Balaban J connectivity index is 1.70. The maximum atomic E-state index is 13.0. The molecule has 4 amide bonds. The fourth-order valence-electron chi connectivity index (χ4n) is 4.48. The number of carbonyl (C=O) groups is 3. The molecule has 36 heavy (non-hydrogen) atoms. The quantitative estimate of drug-likeness (QED) is 0.533. The molecule has 0 saturated heterocycles. The summed E-state index contributed by atoms with van der Waals surface area (Å²) in [4.78, 5) is 41.2. The van der Waals surface area contributed by atoms with Gasteiger partial charge in [0.15, 0.2) is 0 Å². The smallest absolute Gasteiger partial charge is 0.418 e. The van der Waals surface area contributed by atoms with Crippen LogP contribution in [0.15, 0.2) is 47.5 Å². The molecule has 3 aliphatic rings. The van der Waals surface area contributed by atoms with Gasteiger partial charge in [-0.3, -0.25) is 9.69 Å². The lowest BCUT2D eigenvalue weighted by Crippen LogP contribution is -2.51. The molecule has 2 heterocycles. The van der Waals surface area contributed by atoms with Crippen molar-refractivity contribution in [2.24, 2.45) is 11.8 Å². The van der Waals surface area contributed by atoms with E-state index in [0.717, 1.165) is 36.1 Å². The third-order valence-corrected chi connectivity index (χ3v) is 6.10. The molecule has 9 nitrogen and oxygen atoms in total. The summed E-state index contributed by atoms with van der Waals surface area (Å²) >= 11 is 0. The highest BCUT2D eigenvalue weighted by Gasteiger charge is 2.33. The molecule has 0 aromatic carbocycles. The molecule has 9 heteroatoms. The van der Waals surface area contributed by atoms with Gasteiger partial charge in [-0.15, -0.1) is 0 Å². The minimum Gasteiger partial charge on any atom is -0.443 e. The van der Waals surface area contributed by atoms with Crippen LogP contribution in [0.2, 0.25) is 0 Å². The zero-order valence-corrected chi connectivity index (χ0v) is 21.8. The summed E-state index contributed by atoms with van der Waals surface area (Å²) < 4.78 is 5.52. The molecule has 0 bridgehead atoms. The number of nitrogens with one attached hydrogen (secondary N) is 2. The first-order chi connectivity index (χ1) is 17.0. The van der Waals surface area contributed by atoms with Gasteiger partial charge < -0.3 is 20.3 Å². The summed E-state index contributed by atoms with van der Waals surface area (Å²) in [6.45, 7) is 9.96. The zero-order valence-electron chi connectivity index (χ0n) is 21.8. The van der Waals surface area contributed by atoms with Crippen molar-refractivity contribution in [2.45, 2.75) is 71.9 Å². The van der Waals surface area contributed by atoms with Gasteiger partial charge in [-0.2, -0.15) is 5.26 Å². The summed E-state index contributed by atoms with van der Waals surface area (Å²) in [6, 6.07) is 0.864. The molecule has 0 aromatic heterocycles. The minimum absolute atomic E-state index is 0.0712. The van der Waals surface area contributed by atoms with E-state index in [9.17, 15) is 14.4 Å². The van der Waals surface area contributed by atoms with E-state index in [0.29, 0.717) is 13.0 Å². The first-order valence-electron chi connectivity index (χ1n) is 12.5. The van der Waals surface area contributed by atoms with E-state index in [1.807, 2.05) is 65.1 Å². The predicted octanol–water partition coefficient (Wildman–Crippen LogP) is 4.32. The molecule has 2 N–H and O–H groups in total. The predicted molar refractivity (Wildman–Crippen MR) is 136 cm³/mol. The monoisotopic (exact) mass is 495 g/mol.